The molecule has 25 heavy (non-hydrogen) atoms. The van der Waals surface area contributed by atoms with Crippen molar-refractivity contribution < 1.29 is 37.3 Å². The minimum absolute atomic E-state index is 0.173. The summed E-state index contributed by atoms with van der Waals surface area (Å²) >= 11 is 0. The van der Waals surface area contributed by atoms with Gasteiger partial charge in [-0.05, 0) is 31.9 Å². The van der Waals surface area contributed by atoms with Gasteiger partial charge in [-0.2, -0.15) is 13.2 Å². The summed E-state index contributed by atoms with van der Waals surface area (Å²) in [5.41, 5.74) is -0.892. The molecule has 1 fully saturated rings. The van der Waals surface area contributed by atoms with Gasteiger partial charge in [-0.3, -0.25) is 4.79 Å². The van der Waals surface area contributed by atoms with Crippen LogP contribution in [0.1, 0.15) is 25.3 Å². The number of hydrogen-bond donors (Lipinski definition) is 2. The van der Waals surface area contributed by atoms with Gasteiger partial charge in [-0.15, -0.1) is 0 Å². The number of alkyl halides is 3. The van der Waals surface area contributed by atoms with E-state index < -0.39 is 41.9 Å². The standard InChI is InChI=1S/C16H18F3NO5/c1-9(20-14(21)12-6-7-13(25-12)15(22)23)8-24-11-5-3-2-4-10(11)16(17,18)19/h2-5,9,12-13H,6-8H2,1H3,(H,20,21)(H,22,23)/t9?,12-,13+/m0/s1. The number of amides is 1. The molecule has 0 radical (unpaired) electrons. The molecular weight excluding hydrogens is 343 g/mol. The van der Waals surface area contributed by atoms with E-state index in [9.17, 15) is 22.8 Å². The van der Waals surface area contributed by atoms with Crippen molar-refractivity contribution in [2.24, 2.45) is 0 Å². The maximum absolute atomic E-state index is 12.9. The monoisotopic (exact) mass is 361 g/mol. The lowest BCUT2D eigenvalue weighted by molar-refractivity contribution is -0.152. The third-order valence-electron chi connectivity index (χ3n) is 3.66. The number of carbonyl (C=O) groups excluding carboxylic acids is 1. The van der Waals surface area contributed by atoms with E-state index in [1.807, 2.05) is 0 Å². The molecule has 1 aromatic rings. The molecule has 1 aliphatic rings. The predicted octanol–water partition coefficient (Wildman–Crippen LogP) is 2.22. The topological polar surface area (TPSA) is 84.9 Å². The fourth-order valence-electron chi connectivity index (χ4n) is 2.43. The zero-order valence-corrected chi connectivity index (χ0v) is 13.4. The minimum Gasteiger partial charge on any atom is -0.491 e. The highest BCUT2D eigenvalue weighted by atomic mass is 19.4. The first-order valence-electron chi connectivity index (χ1n) is 7.66. The first-order chi connectivity index (χ1) is 11.7. The molecule has 0 bridgehead atoms. The number of hydrogen-bond acceptors (Lipinski definition) is 4. The van der Waals surface area contributed by atoms with E-state index in [1.165, 1.54) is 18.2 Å². The Bertz CT molecular complexity index is 634. The Morgan fingerprint density at radius 3 is 2.56 bits per heavy atom. The second-order valence-corrected chi connectivity index (χ2v) is 5.74. The van der Waals surface area contributed by atoms with E-state index >= 15 is 0 Å². The smallest absolute Gasteiger partial charge is 0.419 e. The Morgan fingerprint density at radius 2 is 1.96 bits per heavy atom. The number of para-hydroxylation sites is 1. The predicted molar refractivity (Wildman–Crippen MR) is 80.1 cm³/mol. The van der Waals surface area contributed by atoms with E-state index in [-0.39, 0.29) is 25.2 Å². The number of carboxylic acids is 1. The van der Waals surface area contributed by atoms with E-state index in [4.69, 9.17) is 14.6 Å². The van der Waals surface area contributed by atoms with Gasteiger partial charge in [0.1, 0.15) is 18.5 Å². The lowest BCUT2D eigenvalue weighted by Crippen LogP contribution is -2.43. The maximum atomic E-state index is 12.9. The van der Waals surface area contributed by atoms with Gasteiger partial charge in [0.2, 0.25) is 5.91 Å². The zero-order chi connectivity index (χ0) is 18.6. The summed E-state index contributed by atoms with van der Waals surface area (Å²) in [6, 6.07) is 4.22. The Kier molecular flexibility index (Phi) is 5.89. The molecular formula is C16H18F3NO5. The van der Waals surface area contributed by atoms with Gasteiger partial charge in [0.15, 0.2) is 6.10 Å². The summed E-state index contributed by atoms with van der Waals surface area (Å²) in [4.78, 5) is 22.8. The average molecular weight is 361 g/mol. The molecule has 0 spiro atoms. The van der Waals surface area contributed by atoms with Crippen LogP contribution >= 0.6 is 0 Å². The highest BCUT2D eigenvalue weighted by Gasteiger charge is 2.36. The van der Waals surface area contributed by atoms with Crippen LogP contribution in [0.3, 0.4) is 0 Å². The van der Waals surface area contributed by atoms with Crippen LogP contribution in [0.5, 0.6) is 5.75 Å². The number of aliphatic carboxylic acids is 1. The molecule has 3 atom stereocenters. The number of carbonyl (C=O) groups is 2. The van der Waals surface area contributed by atoms with Gasteiger partial charge < -0.3 is 19.9 Å². The van der Waals surface area contributed by atoms with Crippen LogP contribution in [0.15, 0.2) is 24.3 Å². The first kappa shape index (κ1) is 19.0. The van der Waals surface area contributed by atoms with Gasteiger partial charge in [-0.25, -0.2) is 4.79 Å². The van der Waals surface area contributed by atoms with Gasteiger partial charge in [-0.1, -0.05) is 12.1 Å². The molecule has 1 amide bonds. The molecule has 1 saturated heterocycles. The van der Waals surface area contributed by atoms with Crippen LogP contribution in [0.2, 0.25) is 0 Å². The first-order valence-corrected chi connectivity index (χ1v) is 7.66. The van der Waals surface area contributed by atoms with Gasteiger partial charge in [0.05, 0.1) is 11.6 Å². The SMILES string of the molecule is CC(COc1ccccc1C(F)(F)F)NC(=O)[C@@H]1CC[C@H](C(=O)O)O1. The molecule has 1 aliphatic heterocycles. The van der Waals surface area contributed by atoms with E-state index in [0.29, 0.717) is 0 Å². The molecule has 1 aromatic carbocycles. The average Bonchev–Trinajstić information content (AvgIpc) is 3.02. The van der Waals surface area contributed by atoms with Crippen molar-refractivity contribution in [1.29, 1.82) is 0 Å². The van der Waals surface area contributed by atoms with Crippen LogP contribution in [-0.4, -0.2) is 41.8 Å². The minimum atomic E-state index is -4.54. The van der Waals surface area contributed by atoms with Crippen molar-refractivity contribution in [3.05, 3.63) is 29.8 Å². The second kappa shape index (κ2) is 7.73. The summed E-state index contributed by atoms with van der Waals surface area (Å²) in [6.45, 7) is 1.39. The fourth-order valence-corrected chi connectivity index (χ4v) is 2.43. The van der Waals surface area contributed by atoms with E-state index in [1.54, 1.807) is 6.92 Å². The maximum Gasteiger partial charge on any atom is 0.419 e. The van der Waals surface area contributed by atoms with Crippen molar-refractivity contribution >= 4 is 11.9 Å². The second-order valence-electron chi connectivity index (χ2n) is 5.74. The molecule has 6 nitrogen and oxygen atoms in total. The largest absolute Gasteiger partial charge is 0.491 e. The van der Waals surface area contributed by atoms with Crippen molar-refractivity contribution in [3.8, 4) is 5.75 Å². The lowest BCUT2D eigenvalue weighted by Gasteiger charge is -2.19. The Labute approximate surface area is 141 Å². The summed E-state index contributed by atoms with van der Waals surface area (Å²) in [6.07, 6.45) is -5.93. The Hall–Kier alpha value is -2.29. The molecule has 0 aromatic heterocycles. The quantitative estimate of drug-likeness (QED) is 0.812. The van der Waals surface area contributed by atoms with Gasteiger partial charge in [0.25, 0.3) is 0 Å². The van der Waals surface area contributed by atoms with Crippen molar-refractivity contribution in [1.82, 2.24) is 5.32 Å². The van der Waals surface area contributed by atoms with Crippen molar-refractivity contribution in [2.45, 2.75) is 44.2 Å². The number of halogens is 3. The third-order valence-corrected chi connectivity index (χ3v) is 3.66. The van der Waals surface area contributed by atoms with E-state index in [0.717, 1.165) is 6.07 Å². The summed E-state index contributed by atoms with van der Waals surface area (Å²) in [5, 5.41) is 11.4. The number of nitrogens with one attached hydrogen (secondary N) is 1. The number of rotatable bonds is 6. The Morgan fingerprint density at radius 1 is 1.32 bits per heavy atom. The normalized spacial score (nSPS) is 21.6. The molecule has 2 rings (SSSR count). The number of carboxylic acid groups (broad SMARTS) is 1. The zero-order valence-electron chi connectivity index (χ0n) is 13.4. The highest BCUT2D eigenvalue weighted by Crippen LogP contribution is 2.35. The Balaban J connectivity index is 1.86. The fraction of sp³-hybridized carbons (Fsp3) is 0.500. The van der Waals surface area contributed by atoms with Crippen LogP contribution in [0, 0.1) is 0 Å². The molecule has 1 heterocycles. The lowest BCUT2D eigenvalue weighted by atomic mass is 10.2. The van der Waals surface area contributed by atoms with Gasteiger partial charge in [0, 0.05) is 0 Å². The molecule has 2 N–H and O–H groups in total. The number of benzene rings is 1. The van der Waals surface area contributed by atoms with Crippen LogP contribution in [0.25, 0.3) is 0 Å². The molecule has 0 saturated carbocycles. The molecule has 1 unspecified atom stereocenters. The molecule has 0 aliphatic carbocycles. The van der Waals surface area contributed by atoms with Gasteiger partial charge >= 0.3 is 12.1 Å². The highest BCUT2D eigenvalue weighted by molar-refractivity contribution is 5.82. The number of ether oxygens (including phenoxy) is 2. The molecule has 138 valence electrons. The third kappa shape index (κ3) is 5.09. The van der Waals surface area contributed by atoms with Crippen molar-refractivity contribution in [2.75, 3.05) is 6.61 Å². The van der Waals surface area contributed by atoms with Crippen LogP contribution < -0.4 is 10.1 Å². The summed E-state index contributed by atoms with van der Waals surface area (Å²) in [5.74, 6) is -1.96. The van der Waals surface area contributed by atoms with Crippen LogP contribution in [-0.2, 0) is 20.5 Å². The summed E-state index contributed by atoms with van der Waals surface area (Å²) in [7, 11) is 0. The molecule has 9 heteroatoms. The van der Waals surface area contributed by atoms with E-state index in [2.05, 4.69) is 5.32 Å². The summed E-state index contributed by atoms with van der Waals surface area (Å²) < 4.78 is 48.9. The van der Waals surface area contributed by atoms with Crippen molar-refractivity contribution in [3.63, 3.8) is 0 Å². The van der Waals surface area contributed by atoms with Crippen LogP contribution in [0.4, 0.5) is 13.2 Å².